The lowest BCUT2D eigenvalue weighted by atomic mass is 9.95. The first-order valence-corrected chi connectivity index (χ1v) is 5.18. The van der Waals surface area contributed by atoms with Crippen molar-refractivity contribution < 1.29 is 9.90 Å². The number of aryl methyl sites for hydroxylation is 1. The molecule has 0 aliphatic carbocycles. The summed E-state index contributed by atoms with van der Waals surface area (Å²) in [5.74, 6) is -1.52. The Balaban J connectivity index is 3.27. The highest BCUT2D eigenvalue weighted by atomic mass is 16.4. The van der Waals surface area contributed by atoms with Gasteiger partial charge in [-0.3, -0.25) is 4.79 Å². The van der Waals surface area contributed by atoms with E-state index in [1.165, 1.54) is 0 Å². The third-order valence-electron chi connectivity index (χ3n) is 2.57. The third-order valence-corrected chi connectivity index (χ3v) is 2.57. The lowest BCUT2D eigenvalue weighted by molar-refractivity contribution is -0.138. The number of hydrogen-bond donors (Lipinski definition) is 2. The monoisotopic (exact) mass is 222 g/mol. The first kappa shape index (κ1) is 12.5. The first-order chi connectivity index (χ1) is 7.47. The second-order valence-electron chi connectivity index (χ2n) is 4.08. The van der Waals surface area contributed by atoms with Gasteiger partial charge in [0.1, 0.15) is 0 Å². The van der Waals surface area contributed by atoms with Crippen molar-refractivity contribution in [2.24, 2.45) is 5.73 Å². The minimum atomic E-state index is -0.879. The van der Waals surface area contributed by atoms with Gasteiger partial charge in [0.25, 0.3) is 0 Å². The van der Waals surface area contributed by atoms with Gasteiger partial charge in [0.05, 0.1) is 5.92 Å². The Morgan fingerprint density at radius 1 is 1.50 bits per heavy atom. The van der Waals surface area contributed by atoms with Gasteiger partial charge < -0.3 is 15.7 Å². The smallest absolute Gasteiger partial charge is 0.312 e. The number of anilines is 1. The molecule has 0 spiro atoms. The van der Waals surface area contributed by atoms with Crippen molar-refractivity contribution in [1.82, 2.24) is 0 Å². The largest absolute Gasteiger partial charge is 0.481 e. The highest BCUT2D eigenvalue weighted by Crippen LogP contribution is 2.27. The van der Waals surface area contributed by atoms with E-state index in [1.807, 2.05) is 44.1 Å². The predicted molar refractivity (Wildman–Crippen MR) is 64.9 cm³/mol. The van der Waals surface area contributed by atoms with E-state index < -0.39 is 11.9 Å². The Labute approximate surface area is 95.7 Å². The second-order valence-corrected chi connectivity index (χ2v) is 4.08. The summed E-state index contributed by atoms with van der Waals surface area (Å²) in [6.45, 7) is 2.05. The Morgan fingerprint density at radius 2 is 2.12 bits per heavy atom. The van der Waals surface area contributed by atoms with E-state index in [0.717, 1.165) is 16.8 Å². The number of carboxylic acid groups (broad SMARTS) is 1. The summed E-state index contributed by atoms with van der Waals surface area (Å²) in [4.78, 5) is 13.0. The molecule has 4 nitrogen and oxygen atoms in total. The van der Waals surface area contributed by atoms with Crippen molar-refractivity contribution in [1.29, 1.82) is 0 Å². The van der Waals surface area contributed by atoms with Crippen molar-refractivity contribution >= 4 is 11.7 Å². The minimum Gasteiger partial charge on any atom is -0.481 e. The van der Waals surface area contributed by atoms with Gasteiger partial charge in [-0.15, -0.1) is 0 Å². The van der Waals surface area contributed by atoms with Crippen LogP contribution < -0.4 is 10.6 Å². The summed E-state index contributed by atoms with van der Waals surface area (Å²) in [6.07, 6.45) is 0. The van der Waals surface area contributed by atoms with Gasteiger partial charge in [-0.05, 0) is 18.6 Å². The molecule has 3 N–H and O–H groups in total. The number of hydrogen-bond acceptors (Lipinski definition) is 3. The molecule has 4 heteroatoms. The number of nitrogens with two attached hydrogens (primary N) is 1. The standard InChI is InChI=1S/C12H18N2O2/c1-8-4-5-11(14(2)3)9(6-8)10(7-13)12(15)16/h4-6,10H,7,13H2,1-3H3,(H,15,16). The SMILES string of the molecule is Cc1ccc(N(C)C)c(C(CN)C(=O)O)c1. The average Bonchev–Trinajstić information content (AvgIpc) is 2.17. The lowest BCUT2D eigenvalue weighted by Crippen LogP contribution is -2.24. The van der Waals surface area contributed by atoms with Gasteiger partial charge in [-0.25, -0.2) is 0 Å². The Kier molecular flexibility index (Phi) is 3.90. The van der Waals surface area contributed by atoms with Crippen LogP contribution in [-0.2, 0) is 4.79 Å². The molecule has 1 aromatic rings. The van der Waals surface area contributed by atoms with Crippen LogP contribution in [0.3, 0.4) is 0 Å². The second kappa shape index (κ2) is 4.99. The average molecular weight is 222 g/mol. The maximum absolute atomic E-state index is 11.1. The Bertz CT molecular complexity index is 389. The fourth-order valence-corrected chi connectivity index (χ4v) is 1.72. The van der Waals surface area contributed by atoms with Gasteiger partial charge in [0.2, 0.25) is 0 Å². The topological polar surface area (TPSA) is 66.6 Å². The van der Waals surface area contributed by atoms with Crippen LogP contribution in [0.1, 0.15) is 17.0 Å². The van der Waals surface area contributed by atoms with Gasteiger partial charge in [-0.2, -0.15) is 0 Å². The number of carboxylic acids is 1. The minimum absolute atomic E-state index is 0.111. The number of nitrogens with zero attached hydrogens (tertiary/aromatic N) is 1. The van der Waals surface area contributed by atoms with E-state index in [0.29, 0.717) is 0 Å². The number of carbonyl (C=O) groups is 1. The van der Waals surface area contributed by atoms with E-state index in [1.54, 1.807) is 0 Å². The molecular formula is C12H18N2O2. The van der Waals surface area contributed by atoms with Crippen molar-refractivity contribution in [2.45, 2.75) is 12.8 Å². The van der Waals surface area contributed by atoms with Crippen LogP contribution in [0.4, 0.5) is 5.69 Å². The van der Waals surface area contributed by atoms with Crippen LogP contribution in [0.2, 0.25) is 0 Å². The van der Waals surface area contributed by atoms with Crippen LogP contribution in [0, 0.1) is 6.92 Å². The normalized spacial score (nSPS) is 12.2. The van der Waals surface area contributed by atoms with Crippen molar-refractivity contribution in [3.05, 3.63) is 29.3 Å². The fraction of sp³-hybridized carbons (Fsp3) is 0.417. The van der Waals surface area contributed by atoms with Gasteiger partial charge >= 0.3 is 5.97 Å². The van der Waals surface area contributed by atoms with E-state index >= 15 is 0 Å². The van der Waals surface area contributed by atoms with Crippen LogP contribution in [0.15, 0.2) is 18.2 Å². The molecule has 16 heavy (non-hydrogen) atoms. The zero-order valence-electron chi connectivity index (χ0n) is 9.90. The summed E-state index contributed by atoms with van der Waals surface area (Å²) < 4.78 is 0. The van der Waals surface area contributed by atoms with Crippen LogP contribution in [0.5, 0.6) is 0 Å². The first-order valence-electron chi connectivity index (χ1n) is 5.18. The molecule has 0 amide bonds. The third kappa shape index (κ3) is 2.52. The van der Waals surface area contributed by atoms with Crippen molar-refractivity contribution in [2.75, 3.05) is 25.5 Å². The van der Waals surface area contributed by atoms with Crippen molar-refractivity contribution in [3.8, 4) is 0 Å². The number of rotatable bonds is 4. The Hall–Kier alpha value is -1.55. The van der Waals surface area contributed by atoms with Crippen LogP contribution in [0.25, 0.3) is 0 Å². The maximum atomic E-state index is 11.1. The quantitative estimate of drug-likeness (QED) is 0.803. The van der Waals surface area contributed by atoms with Crippen LogP contribution in [-0.4, -0.2) is 31.7 Å². The molecular weight excluding hydrogens is 204 g/mol. The molecule has 1 atom stereocenters. The van der Waals surface area contributed by atoms with E-state index in [9.17, 15) is 4.79 Å². The molecule has 88 valence electrons. The van der Waals surface area contributed by atoms with Gasteiger partial charge in [0.15, 0.2) is 0 Å². The number of benzene rings is 1. The summed E-state index contributed by atoms with van der Waals surface area (Å²) >= 11 is 0. The molecule has 0 saturated carbocycles. The highest BCUT2D eigenvalue weighted by Gasteiger charge is 2.21. The van der Waals surface area contributed by atoms with E-state index in [2.05, 4.69) is 0 Å². The van der Waals surface area contributed by atoms with Crippen molar-refractivity contribution in [3.63, 3.8) is 0 Å². The zero-order chi connectivity index (χ0) is 12.3. The maximum Gasteiger partial charge on any atom is 0.312 e. The molecule has 1 unspecified atom stereocenters. The highest BCUT2D eigenvalue weighted by molar-refractivity contribution is 5.79. The predicted octanol–water partition coefficient (Wildman–Crippen LogP) is 1.19. The van der Waals surface area contributed by atoms with E-state index in [-0.39, 0.29) is 6.54 Å². The summed E-state index contributed by atoms with van der Waals surface area (Å²) in [5.41, 5.74) is 8.25. The van der Waals surface area contributed by atoms with Gasteiger partial charge in [0, 0.05) is 26.3 Å². The molecule has 0 saturated heterocycles. The molecule has 0 fully saturated rings. The molecule has 0 aliphatic rings. The molecule has 1 aromatic carbocycles. The molecule has 0 aromatic heterocycles. The fourth-order valence-electron chi connectivity index (χ4n) is 1.72. The molecule has 0 bridgehead atoms. The van der Waals surface area contributed by atoms with Gasteiger partial charge in [-0.1, -0.05) is 17.7 Å². The van der Waals surface area contributed by atoms with Crippen LogP contribution >= 0.6 is 0 Å². The summed E-state index contributed by atoms with van der Waals surface area (Å²) in [6, 6.07) is 5.78. The summed E-state index contributed by atoms with van der Waals surface area (Å²) in [7, 11) is 3.78. The lowest BCUT2D eigenvalue weighted by Gasteiger charge is -2.21. The molecule has 0 heterocycles. The zero-order valence-corrected chi connectivity index (χ0v) is 9.90. The Morgan fingerprint density at radius 3 is 2.56 bits per heavy atom. The molecule has 1 rings (SSSR count). The van der Waals surface area contributed by atoms with E-state index in [4.69, 9.17) is 10.8 Å². The number of aliphatic carboxylic acids is 1. The molecule has 0 aliphatic heterocycles. The summed E-state index contributed by atoms with van der Waals surface area (Å²) in [5, 5.41) is 9.13. The molecule has 0 radical (unpaired) electrons.